The molecule has 0 spiro atoms. The van der Waals surface area contributed by atoms with Gasteiger partial charge in [-0.25, -0.2) is 22.0 Å². The third kappa shape index (κ3) is 6.21. The summed E-state index contributed by atoms with van der Waals surface area (Å²) >= 11 is 0. The van der Waals surface area contributed by atoms with Gasteiger partial charge in [-0.05, 0) is 72.4 Å². The second kappa shape index (κ2) is 14.1. The number of fused-ring (bicyclic) bond motifs is 4. The lowest BCUT2D eigenvalue weighted by Crippen LogP contribution is -2.43. The van der Waals surface area contributed by atoms with Crippen LogP contribution in [0.4, 0.5) is 33.5 Å². The normalized spacial score (nSPS) is 24.8. The first kappa shape index (κ1) is 38.8. The molecule has 4 atom stereocenters. The molecule has 3 aliphatic heterocycles. The fraction of sp³-hybridized carbons (Fsp3) is 0.558. The van der Waals surface area contributed by atoms with Crippen molar-refractivity contribution in [2.45, 2.75) is 120 Å². The summed E-state index contributed by atoms with van der Waals surface area (Å²) in [6, 6.07) is 4.95. The van der Waals surface area contributed by atoms with Crippen molar-refractivity contribution in [3.05, 3.63) is 47.7 Å². The zero-order chi connectivity index (χ0) is 39.9. The number of anilines is 2. The Morgan fingerprint density at radius 2 is 1.75 bits per heavy atom. The summed E-state index contributed by atoms with van der Waals surface area (Å²) in [6.07, 6.45) is 4.04. The van der Waals surface area contributed by atoms with E-state index in [1.165, 1.54) is 12.3 Å². The number of hydrogen-bond donors (Lipinski definition) is 1. The molecule has 1 saturated carbocycles. The molecule has 2 N–H and O–H groups in total. The van der Waals surface area contributed by atoms with Gasteiger partial charge in [-0.1, -0.05) is 60.0 Å². The number of nitrogens with two attached hydrogens (primary N) is 1. The maximum atomic E-state index is 17.4. The average molecular weight is 791 g/mol. The molecule has 298 valence electrons. The molecule has 0 amide bonds. The van der Waals surface area contributed by atoms with Gasteiger partial charge in [-0.15, -0.1) is 5.54 Å². The molecular weight excluding hydrogens is 740 g/mol. The molecule has 2 aromatic heterocycles. The number of pyridine rings is 1. The van der Waals surface area contributed by atoms with Gasteiger partial charge >= 0.3 is 6.01 Å². The Balaban J connectivity index is 1.31. The number of ether oxygens (including phenoxy) is 1. The van der Waals surface area contributed by atoms with Crippen LogP contribution in [-0.2, 0) is 0 Å². The van der Waals surface area contributed by atoms with E-state index >= 15 is 17.6 Å². The van der Waals surface area contributed by atoms with Gasteiger partial charge in [0, 0.05) is 42.3 Å². The van der Waals surface area contributed by atoms with Crippen molar-refractivity contribution >= 4 is 41.3 Å². The Bertz CT molecular complexity index is 2240. The van der Waals surface area contributed by atoms with Crippen molar-refractivity contribution in [3.63, 3.8) is 0 Å². The molecule has 0 radical (unpaired) electrons. The zero-order valence-corrected chi connectivity index (χ0v) is 34.0. The van der Waals surface area contributed by atoms with Crippen LogP contribution < -0.4 is 15.4 Å². The van der Waals surface area contributed by atoms with Gasteiger partial charge in [0.2, 0.25) is 0 Å². The van der Waals surface area contributed by atoms with E-state index in [-0.39, 0.29) is 46.2 Å². The van der Waals surface area contributed by atoms with Crippen LogP contribution in [0, 0.1) is 29.0 Å². The Kier molecular flexibility index (Phi) is 9.79. The number of halogens is 5. The molecule has 4 aliphatic rings. The van der Waals surface area contributed by atoms with E-state index in [2.05, 4.69) is 72.9 Å². The minimum atomic E-state index is -2.92. The largest absolute Gasteiger partial charge is 0.461 e. The van der Waals surface area contributed by atoms with Crippen molar-refractivity contribution in [2.24, 2.45) is 5.92 Å². The Morgan fingerprint density at radius 1 is 1.00 bits per heavy atom. The summed E-state index contributed by atoms with van der Waals surface area (Å²) in [6.45, 7) is 14.5. The van der Waals surface area contributed by atoms with Gasteiger partial charge in [-0.2, -0.15) is 9.97 Å². The molecule has 13 heteroatoms. The number of aromatic nitrogens is 3. The second-order valence-electron chi connectivity index (χ2n) is 17.5. The molecule has 7 nitrogen and oxygen atoms in total. The van der Waals surface area contributed by atoms with E-state index in [4.69, 9.17) is 10.5 Å². The average Bonchev–Trinajstić information content (AvgIpc) is 3.39. The van der Waals surface area contributed by atoms with Gasteiger partial charge < -0.3 is 15.4 Å². The molecular formula is C43H51F5N6OSi. The fourth-order valence-corrected chi connectivity index (χ4v) is 15.9. The number of rotatable bonds is 8. The number of alkyl halides is 3. The fourth-order valence-electron chi connectivity index (χ4n) is 10.7. The van der Waals surface area contributed by atoms with E-state index in [9.17, 15) is 4.39 Å². The van der Waals surface area contributed by atoms with Crippen LogP contribution in [0.25, 0.3) is 32.9 Å². The number of benzene rings is 2. The molecule has 8 rings (SSSR count). The molecule has 56 heavy (non-hydrogen) atoms. The summed E-state index contributed by atoms with van der Waals surface area (Å²) in [5, 5.41) is 1.10. The van der Waals surface area contributed by atoms with Gasteiger partial charge in [-0.3, -0.25) is 9.88 Å². The summed E-state index contributed by atoms with van der Waals surface area (Å²) in [7, 11) is -2.31. The van der Waals surface area contributed by atoms with Gasteiger partial charge in [0.1, 0.15) is 49.7 Å². The van der Waals surface area contributed by atoms with Crippen LogP contribution in [-0.4, -0.2) is 77.8 Å². The lowest BCUT2D eigenvalue weighted by molar-refractivity contribution is 0.0887. The number of nitrogens with zero attached hydrogens (tertiary/aromatic N) is 5. The molecule has 2 aromatic carbocycles. The summed E-state index contributed by atoms with van der Waals surface area (Å²) < 4.78 is 84.9. The van der Waals surface area contributed by atoms with Gasteiger partial charge in [0.05, 0.1) is 22.4 Å². The molecule has 3 saturated heterocycles. The standard InChI is InChI=1S/C43H51F5N6OSi/c1-24(2)56(25(3)4,26(5)6)17-13-30-34(45)12-11-27-18-29(49)19-31(35(27)30)37-36(46)38-32(21-50-37)40(54-16-8-7-10-33-39(54)43(33,47)48)52-41(51-38)55-23-42-14-9-15-53(42)22-28(44)20-42/h11-12,18-19,21,24-26,28,33,39H,7-10,14-16,20,22-23,49H2,1-6H3/t28-,33?,39?,42+/m1/s1. The van der Waals surface area contributed by atoms with Crippen LogP contribution in [0.15, 0.2) is 30.5 Å². The van der Waals surface area contributed by atoms with Crippen LogP contribution in [0.2, 0.25) is 16.6 Å². The maximum absolute atomic E-state index is 17.4. The van der Waals surface area contributed by atoms with E-state index in [1.54, 1.807) is 23.1 Å². The van der Waals surface area contributed by atoms with Crippen LogP contribution in [0.1, 0.15) is 85.6 Å². The van der Waals surface area contributed by atoms with E-state index in [0.29, 0.717) is 71.9 Å². The molecule has 5 heterocycles. The van der Waals surface area contributed by atoms with E-state index < -0.39 is 49.3 Å². The first-order valence-electron chi connectivity index (χ1n) is 20.2. The SMILES string of the molecule is CC(C)[Si](C#Cc1c(F)ccc2cc(N)cc(-c3ncc4c(N5CCCCC6C5C6(F)F)nc(OC[C@@]56CCCN5C[C@H](F)C6)nc4c3F)c12)(C(C)C)C(C)C. The van der Waals surface area contributed by atoms with Crippen molar-refractivity contribution < 1.29 is 26.7 Å². The lowest BCUT2D eigenvalue weighted by atomic mass is 9.95. The number of nitrogen functional groups attached to an aromatic ring is 1. The summed E-state index contributed by atoms with van der Waals surface area (Å²) in [5.74, 6) is -1.75. The summed E-state index contributed by atoms with van der Waals surface area (Å²) in [5.41, 5.74) is 10.8. The second-order valence-corrected chi connectivity index (χ2v) is 23.1. The Labute approximate surface area is 326 Å². The smallest absolute Gasteiger partial charge is 0.319 e. The van der Waals surface area contributed by atoms with Gasteiger partial charge in [0.25, 0.3) is 5.92 Å². The van der Waals surface area contributed by atoms with Crippen LogP contribution in [0.3, 0.4) is 0 Å². The predicted octanol–water partition coefficient (Wildman–Crippen LogP) is 9.85. The van der Waals surface area contributed by atoms with Crippen molar-refractivity contribution in [3.8, 4) is 28.7 Å². The maximum Gasteiger partial charge on any atom is 0.319 e. The highest BCUT2D eigenvalue weighted by Gasteiger charge is 2.71. The lowest BCUT2D eigenvalue weighted by Gasteiger charge is -2.38. The highest BCUT2D eigenvalue weighted by atomic mass is 28.3. The molecule has 4 aromatic rings. The van der Waals surface area contributed by atoms with Crippen molar-refractivity contribution in [1.29, 1.82) is 0 Å². The van der Waals surface area contributed by atoms with Gasteiger partial charge in [0.15, 0.2) is 5.82 Å². The third-order valence-corrected chi connectivity index (χ3v) is 19.7. The molecule has 4 fully saturated rings. The van der Waals surface area contributed by atoms with Crippen LogP contribution in [0.5, 0.6) is 6.01 Å². The predicted molar refractivity (Wildman–Crippen MR) is 214 cm³/mol. The van der Waals surface area contributed by atoms with E-state index in [0.717, 1.165) is 19.4 Å². The zero-order valence-electron chi connectivity index (χ0n) is 33.0. The minimum absolute atomic E-state index is 0.0786. The first-order valence-corrected chi connectivity index (χ1v) is 22.4. The highest BCUT2D eigenvalue weighted by molar-refractivity contribution is 6.90. The highest BCUT2D eigenvalue weighted by Crippen LogP contribution is 2.57. The van der Waals surface area contributed by atoms with Crippen molar-refractivity contribution in [1.82, 2.24) is 19.9 Å². The summed E-state index contributed by atoms with van der Waals surface area (Å²) in [4.78, 5) is 17.5. The van der Waals surface area contributed by atoms with Crippen molar-refractivity contribution in [2.75, 3.05) is 36.9 Å². The minimum Gasteiger partial charge on any atom is -0.461 e. The monoisotopic (exact) mass is 790 g/mol. The van der Waals surface area contributed by atoms with Crippen LogP contribution >= 0.6 is 0 Å². The topological polar surface area (TPSA) is 80.4 Å². The molecule has 0 bridgehead atoms. The number of hydrogen-bond acceptors (Lipinski definition) is 7. The molecule has 1 aliphatic carbocycles. The quantitative estimate of drug-likeness (QED) is 0.0824. The van der Waals surface area contributed by atoms with E-state index in [1.807, 2.05) is 0 Å². The molecule has 2 unspecified atom stereocenters. The Hall–Kier alpha value is -4.02. The Morgan fingerprint density at radius 3 is 2.48 bits per heavy atom. The first-order chi connectivity index (χ1) is 26.6. The third-order valence-electron chi connectivity index (χ3n) is 13.4.